The molecule has 0 unspecified atom stereocenters. The van der Waals surface area contributed by atoms with E-state index in [1.165, 1.54) is 7.05 Å². The predicted molar refractivity (Wildman–Crippen MR) is 36.2 cm³/mol. The Kier molecular flexibility index (Phi) is 1.63. The molecule has 0 saturated carbocycles. The molecule has 0 saturated heterocycles. The summed E-state index contributed by atoms with van der Waals surface area (Å²) >= 11 is 5.37. The van der Waals surface area contributed by atoms with E-state index in [-0.39, 0.29) is 16.5 Å². The number of aryl methyl sites for hydroxylation is 1. The molecule has 5 heteroatoms. The summed E-state index contributed by atoms with van der Waals surface area (Å²) in [5, 5.41) is 12.2. The fraction of sp³-hybridized carbons (Fsp3) is 0.200. The quantitative estimate of drug-likeness (QED) is 0.588. The van der Waals surface area contributed by atoms with Crippen LogP contribution in [0.25, 0.3) is 0 Å². The fourth-order valence-electron chi connectivity index (χ4n) is 0.502. The van der Waals surface area contributed by atoms with Gasteiger partial charge in [0.05, 0.1) is 6.07 Å². The lowest BCUT2D eigenvalue weighted by atomic mass is 10.5. The first kappa shape index (κ1) is 7.08. The SMILES string of the molecule is Cn1nc(Cl)c(O)cc1=O. The number of hydrogen-bond donors (Lipinski definition) is 1. The van der Waals surface area contributed by atoms with Crippen molar-refractivity contribution in [2.24, 2.45) is 7.05 Å². The highest BCUT2D eigenvalue weighted by atomic mass is 35.5. The molecule has 0 atom stereocenters. The van der Waals surface area contributed by atoms with Crippen molar-refractivity contribution in [3.8, 4) is 5.75 Å². The summed E-state index contributed by atoms with van der Waals surface area (Å²) in [5.74, 6) is -0.287. The summed E-state index contributed by atoms with van der Waals surface area (Å²) in [4.78, 5) is 10.7. The highest BCUT2D eigenvalue weighted by molar-refractivity contribution is 6.30. The van der Waals surface area contributed by atoms with Gasteiger partial charge in [0.2, 0.25) is 0 Å². The summed E-state index contributed by atoms with van der Waals surface area (Å²) in [5.41, 5.74) is -0.387. The third-order valence-electron chi connectivity index (χ3n) is 1.03. The minimum Gasteiger partial charge on any atom is -0.505 e. The van der Waals surface area contributed by atoms with Gasteiger partial charge >= 0.3 is 0 Å². The first-order chi connectivity index (χ1) is 4.61. The van der Waals surface area contributed by atoms with Crippen molar-refractivity contribution in [1.29, 1.82) is 0 Å². The van der Waals surface area contributed by atoms with E-state index in [4.69, 9.17) is 16.7 Å². The maximum absolute atomic E-state index is 10.7. The Morgan fingerprint density at radius 1 is 1.80 bits per heavy atom. The zero-order valence-corrected chi connectivity index (χ0v) is 5.96. The Labute approximate surface area is 61.7 Å². The summed E-state index contributed by atoms with van der Waals surface area (Å²) in [7, 11) is 1.45. The Hall–Kier alpha value is -1.03. The predicted octanol–water partition coefficient (Wildman–Crippen LogP) is 0.139. The number of rotatable bonds is 0. The first-order valence-electron chi connectivity index (χ1n) is 2.54. The van der Waals surface area contributed by atoms with Crippen molar-refractivity contribution >= 4 is 11.6 Å². The average Bonchev–Trinajstić information content (AvgIpc) is 1.84. The Bertz CT molecular complexity index is 307. The Morgan fingerprint density at radius 2 is 2.40 bits per heavy atom. The third-order valence-corrected chi connectivity index (χ3v) is 1.30. The van der Waals surface area contributed by atoms with Crippen LogP contribution in [-0.4, -0.2) is 14.9 Å². The van der Waals surface area contributed by atoms with Crippen molar-refractivity contribution in [3.63, 3.8) is 0 Å². The molecule has 0 aromatic carbocycles. The molecule has 0 aliphatic rings. The summed E-state index contributed by atoms with van der Waals surface area (Å²) in [6, 6.07) is 1.01. The van der Waals surface area contributed by atoms with Gasteiger partial charge in [-0.2, -0.15) is 5.10 Å². The summed E-state index contributed by atoms with van der Waals surface area (Å²) < 4.78 is 1.04. The van der Waals surface area contributed by atoms with Crippen molar-refractivity contribution in [2.45, 2.75) is 0 Å². The second-order valence-corrected chi connectivity index (χ2v) is 2.14. The lowest BCUT2D eigenvalue weighted by Gasteiger charge is -1.96. The molecule has 1 aromatic rings. The van der Waals surface area contributed by atoms with Crippen LogP contribution in [-0.2, 0) is 7.05 Å². The van der Waals surface area contributed by atoms with Gasteiger partial charge in [-0.3, -0.25) is 4.79 Å². The molecule has 1 heterocycles. The Morgan fingerprint density at radius 3 is 2.90 bits per heavy atom. The average molecular weight is 161 g/mol. The molecular formula is C5H5ClN2O2. The van der Waals surface area contributed by atoms with Crippen LogP contribution in [0.15, 0.2) is 10.9 Å². The molecule has 0 aliphatic carbocycles. The van der Waals surface area contributed by atoms with Crippen LogP contribution in [0.4, 0.5) is 0 Å². The molecule has 1 rings (SSSR count). The van der Waals surface area contributed by atoms with E-state index >= 15 is 0 Å². The molecule has 0 fully saturated rings. The minimum atomic E-state index is -0.387. The monoisotopic (exact) mass is 160 g/mol. The highest BCUT2D eigenvalue weighted by Crippen LogP contribution is 2.14. The van der Waals surface area contributed by atoms with E-state index in [2.05, 4.69) is 5.10 Å². The van der Waals surface area contributed by atoms with Crippen molar-refractivity contribution < 1.29 is 5.11 Å². The number of aromatic nitrogens is 2. The van der Waals surface area contributed by atoms with Gasteiger partial charge in [0.25, 0.3) is 5.56 Å². The first-order valence-corrected chi connectivity index (χ1v) is 2.92. The zero-order chi connectivity index (χ0) is 7.72. The smallest absolute Gasteiger partial charge is 0.270 e. The standard InChI is InChI=1S/C5H5ClN2O2/c1-8-4(10)2-3(9)5(6)7-8/h2,9H,1H3. The summed E-state index contributed by atoms with van der Waals surface area (Å²) in [6.07, 6.45) is 0. The van der Waals surface area contributed by atoms with E-state index < -0.39 is 0 Å². The molecule has 0 amide bonds. The maximum atomic E-state index is 10.7. The van der Waals surface area contributed by atoms with Crippen LogP contribution < -0.4 is 5.56 Å². The molecule has 1 aromatic heterocycles. The molecule has 4 nitrogen and oxygen atoms in total. The van der Waals surface area contributed by atoms with Gasteiger partial charge in [0, 0.05) is 7.05 Å². The summed E-state index contributed by atoms with van der Waals surface area (Å²) in [6.45, 7) is 0. The molecule has 54 valence electrons. The fourth-order valence-corrected chi connectivity index (χ4v) is 0.670. The molecule has 0 radical (unpaired) electrons. The van der Waals surface area contributed by atoms with Crippen LogP contribution in [0.5, 0.6) is 5.75 Å². The molecule has 0 aliphatic heterocycles. The van der Waals surface area contributed by atoms with Crippen molar-refractivity contribution in [2.75, 3.05) is 0 Å². The molecule has 0 bridgehead atoms. The second-order valence-electron chi connectivity index (χ2n) is 1.78. The number of hydrogen-bond acceptors (Lipinski definition) is 3. The lowest BCUT2D eigenvalue weighted by Crippen LogP contribution is -2.17. The van der Waals surface area contributed by atoms with Crippen LogP contribution in [0.3, 0.4) is 0 Å². The van der Waals surface area contributed by atoms with Gasteiger partial charge in [0.1, 0.15) is 0 Å². The normalized spacial score (nSPS) is 9.80. The minimum absolute atomic E-state index is 0.0675. The Balaban J connectivity index is 3.43. The van der Waals surface area contributed by atoms with Gasteiger partial charge in [-0.05, 0) is 0 Å². The number of aromatic hydroxyl groups is 1. The van der Waals surface area contributed by atoms with Gasteiger partial charge < -0.3 is 5.11 Å². The topological polar surface area (TPSA) is 55.1 Å². The van der Waals surface area contributed by atoms with E-state index in [9.17, 15) is 4.79 Å². The van der Waals surface area contributed by atoms with Crippen LogP contribution >= 0.6 is 11.6 Å². The molecule has 0 spiro atoms. The molecular weight excluding hydrogens is 156 g/mol. The maximum Gasteiger partial charge on any atom is 0.270 e. The van der Waals surface area contributed by atoms with Crippen LogP contribution in [0, 0.1) is 0 Å². The zero-order valence-electron chi connectivity index (χ0n) is 5.21. The van der Waals surface area contributed by atoms with Gasteiger partial charge in [-0.15, -0.1) is 0 Å². The van der Waals surface area contributed by atoms with Gasteiger partial charge in [-0.1, -0.05) is 11.6 Å². The second kappa shape index (κ2) is 2.30. The number of nitrogens with zero attached hydrogens (tertiary/aromatic N) is 2. The largest absolute Gasteiger partial charge is 0.505 e. The van der Waals surface area contributed by atoms with E-state index in [0.29, 0.717) is 0 Å². The van der Waals surface area contributed by atoms with Gasteiger partial charge in [0.15, 0.2) is 10.9 Å². The van der Waals surface area contributed by atoms with E-state index in [1.54, 1.807) is 0 Å². The lowest BCUT2D eigenvalue weighted by molar-refractivity contribution is 0.465. The van der Waals surface area contributed by atoms with E-state index in [1.807, 2.05) is 0 Å². The van der Waals surface area contributed by atoms with Crippen LogP contribution in [0.2, 0.25) is 5.15 Å². The highest BCUT2D eigenvalue weighted by Gasteiger charge is 2.00. The van der Waals surface area contributed by atoms with Gasteiger partial charge in [-0.25, -0.2) is 4.68 Å². The van der Waals surface area contributed by atoms with Crippen molar-refractivity contribution in [3.05, 3.63) is 21.6 Å². The third kappa shape index (κ3) is 1.11. The molecule has 1 N–H and O–H groups in total. The van der Waals surface area contributed by atoms with Crippen molar-refractivity contribution in [1.82, 2.24) is 9.78 Å². The molecule has 10 heavy (non-hydrogen) atoms. The van der Waals surface area contributed by atoms with Crippen LogP contribution in [0.1, 0.15) is 0 Å². The number of halogens is 1. The van der Waals surface area contributed by atoms with E-state index in [0.717, 1.165) is 10.7 Å².